The van der Waals surface area contributed by atoms with Crippen LogP contribution in [-0.4, -0.2) is 59.0 Å². The minimum atomic E-state index is -5.96. The van der Waals surface area contributed by atoms with Gasteiger partial charge in [-0.2, -0.15) is 13.0 Å². The summed E-state index contributed by atoms with van der Waals surface area (Å²) in [4.78, 5) is 48.6. The zero-order valence-electron chi connectivity index (χ0n) is 16.1. The summed E-state index contributed by atoms with van der Waals surface area (Å²) in [5.41, 5.74) is -4.69. The van der Waals surface area contributed by atoms with Crippen LogP contribution < -0.4 is 5.56 Å². The van der Waals surface area contributed by atoms with E-state index in [1.54, 1.807) is 4.98 Å². The first-order valence-electron chi connectivity index (χ1n) is 8.23. The molecule has 15 nitrogen and oxygen atoms in total. The number of aliphatic hydroxyl groups is 1. The Morgan fingerprint density at radius 1 is 1.24 bits per heavy atom. The Morgan fingerprint density at radius 2 is 1.82 bits per heavy atom. The second-order valence-electron chi connectivity index (χ2n) is 6.41. The monoisotopic (exact) mass is 576 g/mol. The number of rotatable bonds is 9. The van der Waals surface area contributed by atoms with Crippen LogP contribution in [-0.2, 0) is 31.6 Å². The molecule has 22 heteroatoms. The van der Waals surface area contributed by atoms with Gasteiger partial charge in [-0.1, -0.05) is 5.92 Å². The highest BCUT2D eigenvalue weighted by Crippen LogP contribution is 2.66. The third-order valence-electron chi connectivity index (χ3n) is 4.12. The van der Waals surface area contributed by atoms with Gasteiger partial charge in [-0.05, 0) is 12.2 Å². The lowest BCUT2D eigenvalue weighted by Gasteiger charge is -2.27. The minimum absolute atomic E-state index is 0.306. The summed E-state index contributed by atoms with van der Waals surface area (Å²) < 4.78 is 94.0. The van der Waals surface area contributed by atoms with Gasteiger partial charge in [0, 0.05) is 0 Å². The molecule has 6 atom stereocenters. The topological polar surface area (TPSA) is 227 Å². The van der Waals surface area contributed by atoms with Crippen LogP contribution in [0.3, 0.4) is 0 Å². The SMILES string of the molecule is C#CC1(F)C(CO)[C@@](F)(COP(=O)(O)OP(=O)(O)OP(=O)(O)O)O[C@H]1n1cc(F)c(=O)[nH]c1=S. The molecule has 34 heavy (non-hydrogen) atoms. The Balaban J connectivity index is 2.38. The fourth-order valence-corrected chi connectivity index (χ4v) is 6.06. The summed E-state index contributed by atoms with van der Waals surface area (Å²) >= 11 is 4.73. The van der Waals surface area contributed by atoms with Gasteiger partial charge in [-0.15, -0.1) is 6.42 Å². The highest BCUT2D eigenvalue weighted by atomic mass is 32.1. The number of aromatic amines is 1. The fraction of sp³-hybridized carbons (Fsp3) is 0.500. The number of nitrogens with zero attached hydrogens (tertiary/aromatic N) is 1. The molecule has 2 heterocycles. The maximum Gasteiger partial charge on any atom is 0.490 e. The van der Waals surface area contributed by atoms with E-state index in [9.17, 15) is 32.9 Å². The molecule has 0 bridgehead atoms. The molecule has 0 saturated carbocycles. The van der Waals surface area contributed by atoms with Crippen LogP contribution >= 0.6 is 35.7 Å². The summed E-state index contributed by atoms with van der Waals surface area (Å²) in [7, 11) is -17.6. The first-order chi connectivity index (χ1) is 15.3. The van der Waals surface area contributed by atoms with Gasteiger partial charge in [0.05, 0.1) is 18.7 Å². The average molecular weight is 576 g/mol. The van der Waals surface area contributed by atoms with E-state index in [2.05, 4.69) is 13.1 Å². The van der Waals surface area contributed by atoms with Crippen molar-refractivity contribution in [3.8, 4) is 12.3 Å². The van der Waals surface area contributed by atoms with Gasteiger partial charge in [-0.25, -0.2) is 22.5 Å². The van der Waals surface area contributed by atoms with Gasteiger partial charge in [0.15, 0.2) is 11.0 Å². The lowest BCUT2D eigenvalue weighted by atomic mass is 9.86. The van der Waals surface area contributed by atoms with Crippen LogP contribution in [0.1, 0.15) is 6.23 Å². The number of phosphoric acid groups is 3. The molecular weight excluding hydrogens is 562 g/mol. The van der Waals surface area contributed by atoms with Crippen molar-refractivity contribution in [3.05, 3.63) is 27.1 Å². The number of ether oxygens (including phenoxy) is 1. The van der Waals surface area contributed by atoms with Crippen LogP contribution in [0.15, 0.2) is 11.0 Å². The third kappa shape index (κ3) is 6.31. The number of alkyl halides is 2. The lowest BCUT2D eigenvalue weighted by molar-refractivity contribution is -0.195. The fourth-order valence-electron chi connectivity index (χ4n) is 2.78. The van der Waals surface area contributed by atoms with Gasteiger partial charge in [0.25, 0.3) is 5.56 Å². The van der Waals surface area contributed by atoms with E-state index in [1.807, 2.05) is 0 Å². The number of terminal acetylenes is 1. The Labute approximate surface area is 191 Å². The molecule has 1 aliphatic heterocycles. The second-order valence-corrected chi connectivity index (χ2v) is 11.2. The largest absolute Gasteiger partial charge is 0.490 e. The predicted octanol–water partition coefficient (Wildman–Crippen LogP) is 0.533. The number of aliphatic hydroxyl groups excluding tert-OH is 1. The molecule has 192 valence electrons. The Morgan fingerprint density at radius 3 is 2.32 bits per heavy atom. The normalized spacial score (nSPS) is 30.9. The molecule has 0 aromatic carbocycles. The molecule has 2 rings (SSSR count). The van der Waals surface area contributed by atoms with Gasteiger partial charge in [-0.3, -0.25) is 18.9 Å². The number of phosphoric ester groups is 1. The van der Waals surface area contributed by atoms with E-state index >= 15 is 8.78 Å². The number of nitrogens with one attached hydrogen (secondary N) is 1. The standard InChI is InChI=1S/C12H14F3N2O13P3S/c1-2-11(14)7(4-18)12(15,28-9(11)17-3-6(13)8(19)16-10(17)34)5-27-32(23,24)30-33(25,26)29-31(20,21)22/h1,3,7,9,18H,4-5H2,(H,23,24)(H,25,26)(H,16,19,34)(H2,20,21,22)/t7?,9-,11?,12-/m1/s1. The number of hydrogen-bond donors (Lipinski definition) is 6. The smallest absolute Gasteiger partial charge is 0.396 e. The summed E-state index contributed by atoms with van der Waals surface area (Å²) in [6, 6.07) is 0. The second kappa shape index (κ2) is 9.68. The maximum absolute atomic E-state index is 15.6. The molecule has 0 spiro atoms. The Hall–Kier alpha value is -1.22. The minimum Gasteiger partial charge on any atom is -0.396 e. The molecule has 1 fully saturated rings. The van der Waals surface area contributed by atoms with E-state index in [4.69, 9.17) is 38.1 Å². The molecule has 0 radical (unpaired) electrons. The summed E-state index contributed by atoms with van der Waals surface area (Å²) in [6.45, 7) is -3.31. The molecule has 6 N–H and O–H groups in total. The van der Waals surface area contributed by atoms with E-state index in [0.29, 0.717) is 10.8 Å². The Kier molecular flexibility index (Phi) is 8.26. The quantitative estimate of drug-likeness (QED) is 0.134. The zero-order chi connectivity index (χ0) is 26.3. The zero-order valence-corrected chi connectivity index (χ0v) is 19.6. The molecule has 1 aliphatic rings. The number of aromatic nitrogens is 2. The first-order valence-corrected chi connectivity index (χ1v) is 13.2. The summed E-state index contributed by atoms with van der Waals surface area (Å²) in [6.07, 6.45) is 3.02. The van der Waals surface area contributed by atoms with Crippen LogP contribution in [0.25, 0.3) is 0 Å². The highest BCUT2D eigenvalue weighted by molar-refractivity contribution is 7.71. The van der Waals surface area contributed by atoms with Crippen LogP contribution in [0.5, 0.6) is 0 Å². The maximum atomic E-state index is 15.6. The van der Waals surface area contributed by atoms with Gasteiger partial charge >= 0.3 is 23.5 Å². The van der Waals surface area contributed by atoms with Crippen LogP contribution in [0, 0.1) is 28.8 Å². The van der Waals surface area contributed by atoms with Crippen LogP contribution in [0.4, 0.5) is 13.2 Å². The molecule has 4 unspecified atom stereocenters. The molecule has 1 aromatic heterocycles. The van der Waals surface area contributed by atoms with Gasteiger partial charge in [0.2, 0.25) is 17.3 Å². The summed E-state index contributed by atoms with van der Waals surface area (Å²) in [5.74, 6) is -6.10. The molecular formula is C12H14F3N2O13P3S. The number of H-pyrrole nitrogens is 1. The third-order valence-corrected chi connectivity index (χ3v) is 8.21. The average Bonchev–Trinajstić information content (AvgIpc) is 2.88. The van der Waals surface area contributed by atoms with Gasteiger partial charge < -0.3 is 29.4 Å². The molecule has 0 amide bonds. The van der Waals surface area contributed by atoms with E-state index in [-0.39, 0.29) is 0 Å². The predicted molar refractivity (Wildman–Crippen MR) is 103 cm³/mol. The lowest BCUT2D eigenvalue weighted by Crippen LogP contribution is -2.45. The molecule has 1 aromatic rings. The van der Waals surface area contributed by atoms with Gasteiger partial charge in [0.1, 0.15) is 6.61 Å². The van der Waals surface area contributed by atoms with Crippen molar-refractivity contribution < 1.29 is 69.4 Å². The van der Waals surface area contributed by atoms with Crippen molar-refractivity contribution in [2.75, 3.05) is 13.2 Å². The van der Waals surface area contributed by atoms with Crippen molar-refractivity contribution in [2.24, 2.45) is 5.92 Å². The Bertz CT molecular complexity index is 1260. The van der Waals surface area contributed by atoms with E-state index in [1.165, 1.54) is 5.92 Å². The van der Waals surface area contributed by atoms with Crippen molar-refractivity contribution in [2.45, 2.75) is 17.8 Å². The van der Waals surface area contributed by atoms with E-state index in [0.717, 1.165) is 0 Å². The number of hydrogen-bond acceptors (Lipinski definition) is 10. The van der Waals surface area contributed by atoms with Crippen molar-refractivity contribution in [1.29, 1.82) is 0 Å². The molecule has 0 aliphatic carbocycles. The van der Waals surface area contributed by atoms with E-state index < -0.39 is 76.5 Å². The van der Waals surface area contributed by atoms with Crippen molar-refractivity contribution in [1.82, 2.24) is 9.55 Å². The summed E-state index contributed by atoms with van der Waals surface area (Å²) in [5, 5.41) is 9.51. The van der Waals surface area contributed by atoms with Crippen LogP contribution in [0.2, 0.25) is 0 Å². The van der Waals surface area contributed by atoms with Crippen molar-refractivity contribution in [3.63, 3.8) is 0 Å². The van der Waals surface area contributed by atoms with Crippen molar-refractivity contribution >= 4 is 35.7 Å². The highest BCUT2D eigenvalue weighted by Gasteiger charge is 2.67. The molecule has 1 saturated heterocycles. The first kappa shape index (κ1) is 29.0. The number of halogens is 3.